The Labute approximate surface area is 178 Å². The van der Waals surface area contributed by atoms with Crippen LogP contribution in [0.15, 0.2) is 41.4 Å². The molecule has 4 aromatic rings. The molecular weight excluding hydrogens is 455 g/mol. The molecule has 8 nitrogen and oxygen atoms in total. The van der Waals surface area contributed by atoms with Gasteiger partial charge in [-0.15, -0.1) is 0 Å². The molecule has 0 bridgehead atoms. The fourth-order valence-corrected chi connectivity index (χ4v) is 4.12. The van der Waals surface area contributed by atoms with Crippen LogP contribution in [0.4, 0.5) is 10.2 Å². The second-order valence-electron chi connectivity index (χ2n) is 7.08. The Hall–Kier alpha value is -3.11. The number of rotatable bonds is 2. The minimum Gasteiger partial charge on any atom is -0.382 e. The van der Waals surface area contributed by atoms with Gasteiger partial charge in [0.1, 0.15) is 21.8 Å². The van der Waals surface area contributed by atoms with Gasteiger partial charge >= 0.3 is 0 Å². The van der Waals surface area contributed by atoms with Crippen LogP contribution in [0.2, 0.25) is 0 Å². The quantitative estimate of drug-likeness (QED) is 0.452. The number of fused-ring (bicyclic) bond motifs is 4. The van der Waals surface area contributed by atoms with Gasteiger partial charge in [0.2, 0.25) is 0 Å². The number of pyridine rings is 1. The number of nitrogen functional groups attached to an aromatic ring is 1. The number of benzene rings is 1. The summed E-state index contributed by atoms with van der Waals surface area (Å²) in [6.45, 7) is 0.668. The number of carbonyl (C=O) groups is 1. The van der Waals surface area contributed by atoms with Crippen molar-refractivity contribution >= 4 is 44.2 Å². The molecule has 1 amide bonds. The van der Waals surface area contributed by atoms with E-state index in [-0.39, 0.29) is 17.4 Å². The van der Waals surface area contributed by atoms with E-state index in [2.05, 4.69) is 30.9 Å². The van der Waals surface area contributed by atoms with Crippen LogP contribution in [0.1, 0.15) is 27.7 Å². The lowest BCUT2D eigenvalue weighted by Gasteiger charge is -2.32. The van der Waals surface area contributed by atoms with Crippen LogP contribution in [-0.4, -0.2) is 43.8 Å². The summed E-state index contributed by atoms with van der Waals surface area (Å²) < 4.78 is 22.9. The Morgan fingerprint density at radius 2 is 2.17 bits per heavy atom. The Bertz CT molecular complexity index is 1320. The first-order chi connectivity index (χ1) is 14.4. The number of aromatic nitrogens is 4. The van der Waals surface area contributed by atoms with Crippen molar-refractivity contribution in [2.45, 2.75) is 12.6 Å². The van der Waals surface area contributed by atoms with Crippen LogP contribution >= 0.6 is 15.9 Å². The smallest absolute Gasteiger partial charge is 0.257 e. The van der Waals surface area contributed by atoms with Crippen LogP contribution in [0.3, 0.4) is 0 Å². The summed E-state index contributed by atoms with van der Waals surface area (Å²) in [6, 6.07) is 6.04. The minimum absolute atomic E-state index is 0.0660. The topological polar surface area (TPSA) is 98.6 Å². The monoisotopic (exact) mass is 470 g/mol. The maximum atomic E-state index is 14.9. The molecule has 0 aliphatic carbocycles. The summed E-state index contributed by atoms with van der Waals surface area (Å²) in [5.41, 5.74) is 8.96. The molecular formula is C20H16BrFN6O2. The summed E-state index contributed by atoms with van der Waals surface area (Å²) in [7, 11) is 1.63. The van der Waals surface area contributed by atoms with Crippen LogP contribution in [0, 0.1) is 5.82 Å². The van der Waals surface area contributed by atoms with Gasteiger partial charge in [-0.2, -0.15) is 0 Å². The van der Waals surface area contributed by atoms with E-state index in [4.69, 9.17) is 10.5 Å². The van der Waals surface area contributed by atoms with Crippen molar-refractivity contribution in [1.82, 2.24) is 24.3 Å². The summed E-state index contributed by atoms with van der Waals surface area (Å²) in [6.07, 6.45) is 3.13. The predicted octanol–water partition coefficient (Wildman–Crippen LogP) is 3.10. The number of anilines is 1. The average Bonchev–Trinajstić information content (AvgIpc) is 3.22. The van der Waals surface area contributed by atoms with Gasteiger partial charge in [0.25, 0.3) is 5.91 Å². The standard InChI is InChI=1S/C20H16BrFN6O2/c1-27(17-8-30-7-14-10(17)2-3-18(21)25-14)20(29)11-4-15-13(5-12(11)22)26-19(23)16-6-24-9-28(15)16/h2-6,9,17H,7-8H2,1H3,(H2,23,26). The molecule has 5 rings (SSSR count). The highest BCUT2D eigenvalue weighted by molar-refractivity contribution is 9.10. The second-order valence-corrected chi connectivity index (χ2v) is 7.90. The fraction of sp³-hybridized carbons (Fsp3) is 0.200. The van der Waals surface area contributed by atoms with E-state index in [1.807, 2.05) is 12.1 Å². The van der Waals surface area contributed by atoms with Crippen molar-refractivity contribution in [2.24, 2.45) is 0 Å². The van der Waals surface area contributed by atoms with Crippen molar-refractivity contribution < 1.29 is 13.9 Å². The summed E-state index contributed by atoms with van der Waals surface area (Å²) in [4.78, 5) is 27.5. The normalized spacial score (nSPS) is 16.0. The number of halogens is 2. The predicted molar refractivity (Wildman–Crippen MR) is 111 cm³/mol. The van der Waals surface area contributed by atoms with E-state index >= 15 is 0 Å². The van der Waals surface area contributed by atoms with Crippen LogP contribution < -0.4 is 5.73 Å². The number of likely N-dealkylation sites (N-methyl/N-ethyl adjacent to an activating group) is 1. The molecule has 152 valence electrons. The van der Waals surface area contributed by atoms with Gasteiger partial charge in [0.15, 0.2) is 0 Å². The third kappa shape index (κ3) is 2.91. The molecule has 1 unspecified atom stereocenters. The molecule has 4 heterocycles. The first kappa shape index (κ1) is 18.9. The third-order valence-electron chi connectivity index (χ3n) is 5.33. The van der Waals surface area contributed by atoms with E-state index in [9.17, 15) is 9.18 Å². The van der Waals surface area contributed by atoms with E-state index in [1.165, 1.54) is 17.0 Å². The van der Waals surface area contributed by atoms with Crippen molar-refractivity contribution in [3.63, 3.8) is 0 Å². The van der Waals surface area contributed by atoms with Crippen molar-refractivity contribution in [2.75, 3.05) is 19.4 Å². The number of nitrogens with two attached hydrogens (primary N) is 1. The largest absolute Gasteiger partial charge is 0.382 e. The molecule has 1 aromatic carbocycles. The zero-order valence-electron chi connectivity index (χ0n) is 15.8. The maximum absolute atomic E-state index is 14.9. The Morgan fingerprint density at radius 3 is 3.00 bits per heavy atom. The lowest BCUT2D eigenvalue weighted by atomic mass is 10.0. The second kappa shape index (κ2) is 6.99. The van der Waals surface area contributed by atoms with E-state index in [0.29, 0.717) is 34.4 Å². The van der Waals surface area contributed by atoms with Gasteiger partial charge in [0, 0.05) is 18.7 Å². The summed E-state index contributed by atoms with van der Waals surface area (Å²) in [5.74, 6) is -0.898. The van der Waals surface area contributed by atoms with Crippen molar-refractivity contribution in [1.29, 1.82) is 0 Å². The minimum atomic E-state index is -0.670. The molecule has 0 fully saturated rings. The molecule has 2 N–H and O–H groups in total. The highest BCUT2D eigenvalue weighted by atomic mass is 79.9. The average molecular weight is 471 g/mol. The van der Waals surface area contributed by atoms with Crippen molar-refractivity contribution in [3.8, 4) is 0 Å². The molecule has 1 aliphatic heterocycles. The van der Waals surface area contributed by atoms with Crippen LogP contribution in [0.25, 0.3) is 16.6 Å². The molecule has 0 saturated heterocycles. The van der Waals surface area contributed by atoms with E-state index < -0.39 is 11.7 Å². The number of ether oxygens (including phenoxy) is 1. The zero-order valence-corrected chi connectivity index (χ0v) is 17.4. The fourth-order valence-electron chi connectivity index (χ4n) is 3.77. The van der Waals surface area contributed by atoms with Crippen LogP contribution in [-0.2, 0) is 11.3 Å². The number of hydrogen-bond acceptors (Lipinski definition) is 6. The maximum Gasteiger partial charge on any atom is 0.257 e. The summed E-state index contributed by atoms with van der Waals surface area (Å²) >= 11 is 3.35. The number of nitrogens with zero attached hydrogens (tertiary/aromatic N) is 5. The molecule has 1 aliphatic rings. The number of amides is 1. The lowest BCUT2D eigenvalue weighted by molar-refractivity contribution is 0.0327. The van der Waals surface area contributed by atoms with Gasteiger partial charge in [-0.1, -0.05) is 6.07 Å². The van der Waals surface area contributed by atoms with Gasteiger partial charge < -0.3 is 15.4 Å². The Kier molecular flexibility index (Phi) is 4.40. The van der Waals surface area contributed by atoms with Crippen molar-refractivity contribution in [3.05, 3.63) is 64.0 Å². The highest BCUT2D eigenvalue weighted by Crippen LogP contribution is 2.31. The first-order valence-corrected chi connectivity index (χ1v) is 9.94. The van der Waals surface area contributed by atoms with Gasteiger partial charge in [0.05, 0.1) is 54.1 Å². The van der Waals surface area contributed by atoms with E-state index in [1.54, 1.807) is 24.0 Å². The Morgan fingerprint density at radius 1 is 1.33 bits per heavy atom. The number of hydrogen-bond donors (Lipinski definition) is 1. The zero-order chi connectivity index (χ0) is 21.0. The first-order valence-electron chi connectivity index (χ1n) is 9.15. The number of carbonyl (C=O) groups excluding carboxylic acids is 1. The molecule has 30 heavy (non-hydrogen) atoms. The van der Waals surface area contributed by atoms with E-state index in [0.717, 1.165) is 11.3 Å². The molecule has 0 spiro atoms. The highest BCUT2D eigenvalue weighted by Gasteiger charge is 2.30. The number of imidazole rings is 1. The molecule has 1 atom stereocenters. The molecule has 0 radical (unpaired) electrons. The Balaban J connectivity index is 1.58. The molecule has 10 heteroatoms. The lowest BCUT2D eigenvalue weighted by Crippen LogP contribution is -2.37. The van der Waals surface area contributed by atoms with Gasteiger partial charge in [-0.05, 0) is 28.1 Å². The van der Waals surface area contributed by atoms with Crippen LogP contribution in [0.5, 0.6) is 0 Å². The molecule has 3 aromatic heterocycles. The SMILES string of the molecule is CN(C(=O)c1cc2c(cc1F)nc(N)c1cncn12)C1COCc2nc(Br)ccc21. The summed E-state index contributed by atoms with van der Waals surface area (Å²) in [5, 5.41) is 0. The molecule has 0 saturated carbocycles. The van der Waals surface area contributed by atoms with Gasteiger partial charge in [-0.25, -0.2) is 19.3 Å². The van der Waals surface area contributed by atoms with Gasteiger partial charge in [-0.3, -0.25) is 9.20 Å². The third-order valence-corrected chi connectivity index (χ3v) is 5.77.